The number of aromatic amines is 1. The number of aromatic nitrogens is 2. The Kier molecular flexibility index (Phi) is 2.34. The Balaban J connectivity index is 2.02. The first-order valence-corrected chi connectivity index (χ1v) is 6.01. The van der Waals surface area contributed by atoms with Gasteiger partial charge in [0.1, 0.15) is 4.64 Å². The van der Waals surface area contributed by atoms with Gasteiger partial charge in [0.05, 0.1) is 17.3 Å². The number of H-pyrrole nitrogens is 1. The Morgan fingerprint density at radius 1 is 1.29 bits per heavy atom. The van der Waals surface area contributed by atoms with Crippen molar-refractivity contribution in [3.05, 3.63) is 46.2 Å². The van der Waals surface area contributed by atoms with Gasteiger partial charge in [-0.1, -0.05) is 12.2 Å². The maximum absolute atomic E-state index is 8.75. The molecule has 1 aromatic heterocycles. The van der Waals surface area contributed by atoms with Gasteiger partial charge in [-0.25, -0.2) is 4.68 Å². The highest BCUT2D eigenvalue weighted by atomic mass is 32.1. The van der Waals surface area contributed by atoms with Crippen LogP contribution in [-0.2, 0) is 0 Å². The van der Waals surface area contributed by atoms with Gasteiger partial charge >= 0.3 is 0 Å². The normalized spacial score (nSPS) is 14.5. The van der Waals surface area contributed by atoms with Gasteiger partial charge in [-0.05, 0) is 43.2 Å². The zero-order valence-electron chi connectivity index (χ0n) is 9.18. The molecule has 0 bridgehead atoms. The Labute approximate surface area is 104 Å². The predicted octanol–water partition coefficient (Wildman–Crippen LogP) is 3.28. The summed E-state index contributed by atoms with van der Waals surface area (Å²) in [4.78, 5) is 0. The van der Waals surface area contributed by atoms with E-state index in [1.165, 1.54) is 18.5 Å². The van der Waals surface area contributed by atoms with Crippen LogP contribution in [0.1, 0.15) is 30.0 Å². The van der Waals surface area contributed by atoms with Crippen molar-refractivity contribution in [1.82, 2.24) is 9.78 Å². The lowest BCUT2D eigenvalue weighted by Gasteiger charge is -2.02. The minimum atomic E-state index is 0.661. The standard InChI is InChI=1S/C13H11N3S/c14-8-9-1-5-11(6-2-9)16-13(17)7-12(15-16)10-3-4-10/h1-2,5-7,10,15H,3-4H2. The summed E-state index contributed by atoms with van der Waals surface area (Å²) in [5, 5.41) is 12.1. The molecular weight excluding hydrogens is 230 g/mol. The van der Waals surface area contributed by atoms with Gasteiger partial charge in [0.15, 0.2) is 0 Å². The highest BCUT2D eigenvalue weighted by Crippen LogP contribution is 2.39. The van der Waals surface area contributed by atoms with Gasteiger partial charge < -0.3 is 0 Å². The Morgan fingerprint density at radius 2 is 2.00 bits per heavy atom. The predicted molar refractivity (Wildman–Crippen MR) is 67.6 cm³/mol. The molecule has 1 N–H and O–H groups in total. The van der Waals surface area contributed by atoms with E-state index in [0.29, 0.717) is 11.5 Å². The van der Waals surface area contributed by atoms with E-state index < -0.39 is 0 Å². The fourth-order valence-corrected chi connectivity index (χ4v) is 2.17. The molecular formula is C13H11N3S. The van der Waals surface area contributed by atoms with Crippen LogP contribution in [0.15, 0.2) is 30.3 Å². The van der Waals surface area contributed by atoms with Gasteiger partial charge in [-0.3, -0.25) is 5.10 Å². The van der Waals surface area contributed by atoms with Crippen molar-refractivity contribution in [2.45, 2.75) is 18.8 Å². The van der Waals surface area contributed by atoms with Crippen LogP contribution in [0, 0.1) is 16.0 Å². The maximum Gasteiger partial charge on any atom is 0.127 e. The monoisotopic (exact) mass is 241 g/mol. The van der Waals surface area contributed by atoms with Crippen LogP contribution in [0.25, 0.3) is 5.69 Å². The van der Waals surface area contributed by atoms with E-state index in [0.717, 1.165) is 10.3 Å². The number of benzene rings is 1. The zero-order chi connectivity index (χ0) is 11.8. The highest BCUT2D eigenvalue weighted by Gasteiger charge is 2.25. The zero-order valence-corrected chi connectivity index (χ0v) is 10.00. The average Bonchev–Trinajstić information content (AvgIpc) is 3.13. The maximum atomic E-state index is 8.75. The molecule has 0 aliphatic heterocycles. The summed E-state index contributed by atoms with van der Waals surface area (Å²) in [6.07, 6.45) is 2.51. The van der Waals surface area contributed by atoms with Gasteiger partial charge in [0.25, 0.3) is 0 Å². The van der Waals surface area contributed by atoms with Crippen molar-refractivity contribution < 1.29 is 0 Å². The molecule has 0 saturated heterocycles. The molecule has 17 heavy (non-hydrogen) atoms. The largest absolute Gasteiger partial charge is 0.297 e. The summed E-state index contributed by atoms with van der Waals surface area (Å²) in [5.41, 5.74) is 2.86. The Hall–Kier alpha value is -1.86. The fourth-order valence-electron chi connectivity index (χ4n) is 1.89. The molecule has 0 spiro atoms. The van der Waals surface area contributed by atoms with Crippen LogP contribution >= 0.6 is 12.2 Å². The molecule has 1 heterocycles. The number of rotatable bonds is 2. The van der Waals surface area contributed by atoms with Gasteiger partial charge in [-0.15, -0.1) is 0 Å². The van der Waals surface area contributed by atoms with E-state index in [1.54, 1.807) is 12.1 Å². The highest BCUT2D eigenvalue weighted by molar-refractivity contribution is 7.71. The topological polar surface area (TPSA) is 44.5 Å². The van der Waals surface area contributed by atoms with Gasteiger partial charge in [0, 0.05) is 11.6 Å². The van der Waals surface area contributed by atoms with Crippen LogP contribution in [0.3, 0.4) is 0 Å². The summed E-state index contributed by atoms with van der Waals surface area (Å²) in [6, 6.07) is 11.6. The quantitative estimate of drug-likeness (QED) is 0.820. The van der Waals surface area contributed by atoms with Gasteiger partial charge in [0.2, 0.25) is 0 Å². The summed E-state index contributed by atoms with van der Waals surface area (Å²) < 4.78 is 2.68. The minimum Gasteiger partial charge on any atom is -0.297 e. The molecule has 4 heteroatoms. The summed E-state index contributed by atoms with van der Waals surface area (Å²) in [5.74, 6) is 0.663. The van der Waals surface area contributed by atoms with Crippen molar-refractivity contribution in [2.24, 2.45) is 0 Å². The van der Waals surface area contributed by atoms with Gasteiger partial charge in [-0.2, -0.15) is 5.26 Å². The van der Waals surface area contributed by atoms with Crippen LogP contribution < -0.4 is 0 Å². The van der Waals surface area contributed by atoms with E-state index in [2.05, 4.69) is 11.2 Å². The van der Waals surface area contributed by atoms with Crippen LogP contribution in [0.5, 0.6) is 0 Å². The van der Waals surface area contributed by atoms with Crippen LogP contribution in [0.4, 0.5) is 0 Å². The number of hydrogen-bond acceptors (Lipinski definition) is 2. The first-order chi connectivity index (χ1) is 8.28. The molecule has 1 fully saturated rings. The first kappa shape index (κ1) is 10.3. The number of nitrogens with zero attached hydrogens (tertiary/aromatic N) is 2. The van der Waals surface area contributed by atoms with Crippen LogP contribution in [-0.4, -0.2) is 9.78 Å². The molecule has 3 rings (SSSR count). The molecule has 1 saturated carbocycles. The molecule has 84 valence electrons. The second-order valence-electron chi connectivity index (χ2n) is 4.32. The summed E-state index contributed by atoms with van der Waals surface area (Å²) in [7, 11) is 0. The third kappa shape index (κ3) is 1.90. The van der Waals surface area contributed by atoms with Crippen molar-refractivity contribution in [3.8, 4) is 11.8 Å². The van der Waals surface area contributed by atoms with Crippen molar-refractivity contribution in [2.75, 3.05) is 0 Å². The SMILES string of the molecule is N#Cc1ccc(-n2[nH]c(C3CC3)cc2=S)cc1. The molecule has 1 aromatic carbocycles. The molecule has 1 aliphatic rings. The summed E-state index contributed by atoms with van der Waals surface area (Å²) >= 11 is 5.33. The molecule has 0 atom stereocenters. The fraction of sp³-hybridized carbons (Fsp3) is 0.231. The number of nitriles is 1. The first-order valence-electron chi connectivity index (χ1n) is 5.60. The molecule has 3 nitrogen and oxygen atoms in total. The average molecular weight is 241 g/mol. The van der Waals surface area contributed by atoms with E-state index in [4.69, 9.17) is 17.5 Å². The van der Waals surface area contributed by atoms with E-state index in [9.17, 15) is 0 Å². The smallest absolute Gasteiger partial charge is 0.127 e. The molecule has 2 aromatic rings. The van der Waals surface area contributed by atoms with E-state index >= 15 is 0 Å². The molecule has 1 aliphatic carbocycles. The van der Waals surface area contributed by atoms with Crippen molar-refractivity contribution in [1.29, 1.82) is 5.26 Å². The second-order valence-corrected chi connectivity index (χ2v) is 4.74. The minimum absolute atomic E-state index is 0.661. The van der Waals surface area contributed by atoms with E-state index in [1.807, 2.05) is 22.9 Å². The van der Waals surface area contributed by atoms with Crippen LogP contribution in [0.2, 0.25) is 0 Å². The molecule has 0 radical (unpaired) electrons. The lowest BCUT2D eigenvalue weighted by Crippen LogP contribution is -1.97. The number of nitrogens with one attached hydrogen (secondary N) is 1. The van der Waals surface area contributed by atoms with Crippen molar-refractivity contribution >= 4 is 12.2 Å². The number of hydrogen-bond donors (Lipinski definition) is 1. The third-order valence-electron chi connectivity index (χ3n) is 3.01. The second kappa shape index (κ2) is 3.86. The van der Waals surface area contributed by atoms with Crippen molar-refractivity contribution in [3.63, 3.8) is 0 Å². The molecule has 0 unspecified atom stereocenters. The van der Waals surface area contributed by atoms with E-state index in [-0.39, 0.29) is 0 Å². The third-order valence-corrected chi connectivity index (χ3v) is 3.31. The Morgan fingerprint density at radius 3 is 2.59 bits per heavy atom. The lowest BCUT2D eigenvalue weighted by molar-refractivity contribution is 0.829. The molecule has 0 amide bonds. The summed E-state index contributed by atoms with van der Waals surface area (Å²) in [6.45, 7) is 0. The Bertz CT molecular complexity index is 639. The lowest BCUT2D eigenvalue weighted by atomic mass is 10.2.